The van der Waals surface area contributed by atoms with Crippen LogP contribution >= 0.6 is 0 Å². The van der Waals surface area contributed by atoms with E-state index in [0.29, 0.717) is 11.7 Å². The summed E-state index contributed by atoms with van der Waals surface area (Å²) in [6, 6.07) is 0. The van der Waals surface area contributed by atoms with Crippen LogP contribution in [0, 0.1) is 0 Å². The quantitative estimate of drug-likeness (QED) is 0.622. The molecule has 0 aromatic rings. The summed E-state index contributed by atoms with van der Waals surface area (Å²) in [6.07, 6.45) is 24.3. The first-order chi connectivity index (χ1) is 9.84. The summed E-state index contributed by atoms with van der Waals surface area (Å²) in [5, 5.41) is 0.537. The molecule has 104 valence electrons. The zero-order valence-corrected chi connectivity index (χ0v) is 12.4. The molecule has 0 amide bonds. The Balaban J connectivity index is 1.91. The van der Waals surface area contributed by atoms with Gasteiger partial charge in [-0.15, -0.1) is 0 Å². The van der Waals surface area contributed by atoms with Gasteiger partial charge in [-0.2, -0.15) is 0 Å². The normalized spacial score (nSPS) is 26.9. The van der Waals surface area contributed by atoms with Crippen molar-refractivity contribution in [3.05, 3.63) is 70.3 Å². The third-order valence-corrected chi connectivity index (χ3v) is 6.47. The van der Waals surface area contributed by atoms with Crippen LogP contribution < -0.4 is 0 Å². The Labute approximate surface area is 123 Å². The fourth-order valence-corrected chi connectivity index (χ4v) is 5.45. The molecule has 0 spiro atoms. The van der Waals surface area contributed by atoms with Gasteiger partial charge in [-0.3, -0.25) is 0 Å². The number of rotatable bonds is 3. The summed E-state index contributed by atoms with van der Waals surface area (Å²) in [4.78, 5) is 2.86. The van der Waals surface area contributed by atoms with Crippen LogP contribution in [0.4, 0.5) is 4.39 Å². The molecule has 3 rings (SSSR count). The van der Waals surface area contributed by atoms with Gasteiger partial charge in [0.1, 0.15) is 10.7 Å². The molecule has 0 saturated carbocycles. The number of hydrogen-bond donors (Lipinski definition) is 0. The molecule has 3 aliphatic rings. The predicted octanol–water partition coefficient (Wildman–Crippen LogP) is 5.25. The number of halogens is 1. The Hall–Kier alpha value is -1.28. The summed E-state index contributed by atoms with van der Waals surface area (Å²) >= 11 is 0. The monoisotopic (exact) mass is 287 g/mol. The summed E-state index contributed by atoms with van der Waals surface area (Å²) in [5.41, 5.74) is 0. The van der Waals surface area contributed by atoms with Crippen molar-refractivity contribution in [3.63, 3.8) is 0 Å². The molecule has 0 saturated heterocycles. The minimum Gasteiger partial charge on any atom is -0.212 e. The van der Waals surface area contributed by atoms with Crippen molar-refractivity contribution < 1.29 is 4.39 Å². The highest BCUT2D eigenvalue weighted by atomic mass is 32.2. The molecule has 0 heterocycles. The maximum Gasteiger partial charge on any atom is 0.156 e. The van der Waals surface area contributed by atoms with Crippen molar-refractivity contribution in [3.8, 4) is 0 Å². The first kappa shape index (κ1) is 13.7. The van der Waals surface area contributed by atoms with E-state index in [1.807, 2.05) is 6.08 Å². The molecule has 0 nitrogen and oxygen atoms in total. The average molecular weight is 287 g/mol. The molecule has 20 heavy (non-hydrogen) atoms. The van der Waals surface area contributed by atoms with E-state index in [1.54, 1.807) is 6.08 Å². The van der Waals surface area contributed by atoms with E-state index >= 15 is 0 Å². The third kappa shape index (κ3) is 3.06. The Morgan fingerprint density at radius 2 is 2.00 bits per heavy atom. The van der Waals surface area contributed by atoms with E-state index in [-0.39, 0.29) is 16.7 Å². The average Bonchev–Trinajstić information content (AvgIpc) is 2.52. The van der Waals surface area contributed by atoms with Crippen molar-refractivity contribution in [2.45, 2.75) is 37.4 Å². The minimum atomic E-state index is 0.0181. The lowest BCUT2D eigenvalue weighted by Crippen LogP contribution is -2.24. The number of allylic oxidation sites excluding steroid dienone is 10. The van der Waals surface area contributed by atoms with Gasteiger partial charge in [0, 0.05) is 19.3 Å². The van der Waals surface area contributed by atoms with Crippen LogP contribution in [0.3, 0.4) is 0 Å². The molecule has 2 heteroatoms. The van der Waals surface area contributed by atoms with E-state index in [2.05, 4.69) is 42.5 Å². The lowest BCUT2D eigenvalue weighted by atomic mass is 10.2. The third-order valence-electron chi connectivity index (χ3n) is 3.80. The molecule has 0 fully saturated rings. The summed E-state index contributed by atoms with van der Waals surface area (Å²) in [7, 11) is 0.0874. The Morgan fingerprint density at radius 1 is 1.05 bits per heavy atom. The second-order valence-electron chi connectivity index (χ2n) is 5.26. The van der Waals surface area contributed by atoms with Crippen molar-refractivity contribution in [1.82, 2.24) is 0 Å². The maximum absolute atomic E-state index is 13.3. The summed E-state index contributed by atoms with van der Waals surface area (Å²) < 4.78 is 13.3. The van der Waals surface area contributed by atoms with E-state index < -0.39 is 0 Å². The largest absolute Gasteiger partial charge is 0.212 e. The minimum absolute atomic E-state index is 0.0181. The maximum atomic E-state index is 13.3. The second kappa shape index (κ2) is 6.45. The molecule has 0 aromatic carbocycles. The van der Waals surface area contributed by atoms with Crippen LogP contribution in [0.15, 0.2) is 70.3 Å². The van der Waals surface area contributed by atoms with Gasteiger partial charge in [-0.25, -0.2) is 4.39 Å². The van der Waals surface area contributed by atoms with E-state index in [1.165, 1.54) is 9.81 Å². The smallest absolute Gasteiger partial charge is 0.156 e. The SMILES string of the molecule is FC1=CC=C([S+](C2=CCCC=C2)C2C=CC=CC2)CC1. The fraction of sp³-hybridized carbons (Fsp3) is 0.333. The van der Waals surface area contributed by atoms with Gasteiger partial charge in [0.25, 0.3) is 0 Å². The first-order valence-corrected chi connectivity index (χ1v) is 8.62. The molecule has 0 aromatic heterocycles. The van der Waals surface area contributed by atoms with E-state index in [0.717, 1.165) is 25.7 Å². The molecule has 2 atom stereocenters. The molecular weight excluding hydrogens is 267 g/mol. The van der Waals surface area contributed by atoms with Crippen molar-refractivity contribution >= 4 is 10.9 Å². The van der Waals surface area contributed by atoms with Gasteiger partial charge in [-0.1, -0.05) is 24.3 Å². The van der Waals surface area contributed by atoms with E-state index in [4.69, 9.17) is 0 Å². The highest BCUT2D eigenvalue weighted by Crippen LogP contribution is 2.36. The Kier molecular flexibility index (Phi) is 4.41. The molecule has 0 bridgehead atoms. The molecular formula is C18H20FS+. The fourth-order valence-electron chi connectivity index (χ4n) is 2.78. The van der Waals surface area contributed by atoms with Crippen LogP contribution in [0.5, 0.6) is 0 Å². The van der Waals surface area contributed by atoms with Crippen molar-refractivity contribution in [1.29, 1.82) is 0 Å². The highest BCUT2D eigenvalue weighted by molar-refractivity contribution is 8.05. The van der Waals surface area contributed by atoms with Crippen molar-refractivity contribution in [2.75, 3.05) is 0 Å². The molecule has 3 aliphatic carbocycles. The van der Waals surface area contributed by atoms with Gasteiger partial charge in [0.05, 0.1) is 10.9 Å². The number of hydrogen-bond acceptors (Lipinski definition) is 0. The topological polar surface area (TPSA) is 0 Å². The standard InChI is InChI=1S/C18H20FS/c19-15-11-13-18(14-12-15)20(16-7-3-1-4-8-16)17-9-5-2-6-10-17/h1,3-5,7,9-11,13,16H,2,6,8,12,14H2/q+1. The molecule has 0 aliphatic heterocycles. The van der Waals surface area contributed by atoms with Crippen LogP contribution in [0.25, 0.3) is 0 Å². The molecule has 2 unspecified atom stereocenters. The lowest BCUT2D eigenvalue weighted by Gasteiger charge is -2.21. The summed E-state index contributed by atoms with van der Waals surface area (Å²) in [5.74, 6) is 0.0181. The second-order valence-corrected chi connectivity index (χ2v) is 7.53. The first-order valence-electron chi connectivity index (χ1n) is 7.33. The van der Waals surface area contributed by atoms with E-state index in [9.17, 15) is 4.39 Å². The van der Waals surface area contributed by atoms with Gasteiger partial charge < -0.3 is 0 Å². The zero-order chi connectivity index (χ0) is 13.8. The zero-order valence-electron chi connectivity index (χ0n) is 11.6. The van der Waals surface area contributed by atoms with Crippen molar-refractivity contribution in [2.24, 2.45) is 0 Å². The lowest BCUT2D eigenvalue weighted by molar-refractivity contribution is 0.586. The van der Waals surface area contributed by atoms with Gasteiger partial charge in [0.2, 0.25) is 0 Å². The van der Waals surface area contributed by atoms with Gasteiger partial charge in [-0.05, 0) is 43.2 Å². The van der Waals surface area contributed by atoms with Gasteiger partial charge >= 0.3 is 0 Å². The Morgan fingerprint density at radius 3 is 2.65 bits per heavy atom. The van der Waals surface area contributed by atoms with Crippen LogP contribution in [-0.4, -0.2) is 5.25 Å². The van der Waals surface area contributed by atoms with Gasteiger partial charge in [0.15, 0.2) is 10.2 Å². The summed E-state index contributed by atoms with van der Waals surface area (Å²) in [6.45, 7) is 0. The Bertz CT molecular complexity index is 546. The predicted molar refractivity (Wildman–Crippen MR) is 87.0 cm³/mol. The van der Waals surface area contributed by atoms with Crippen LogP contribution in [0.2, 0.25) is 0 Å². The molecule has 0 N–H and O–H groups in total. The van der Waals surface area contributed by atoms with Crippen LogP contribution in [0.1, 0.15) is 32.1 Å². The highest BCUT2D eigenvalue weighted by Gasteiger charge is 2.37. The molecule has 0 radical (unpaired) electrons. The van der Waals surface area contributed by atoms with Crippen LogP contribution in [-0.2, 0) is 10.9 Å².